The van der Waals surface area contributed by atoms with Crippen molar-refractivity contribution in [2.45, 2.75) is 43.9 Å². The predicted molar refractivity (Wildman–Crippen MR) is 92.4 cm³/mol. The van der Waals surface area contributed by atoms with Gasteiger partial charge in [0.1, 0.15) is 0 Å². The Bertz CT molecular complexity index is 456. The summed E-state index contributed by atoms with van der Waals surface area (Å²) in [7, 11) is 1.64. The summed E-state index contributed by atoms with van der Waals surface area (Å²) < 4.78 is 5.01. The number of aliphatic hydroxyl groups excluding tert-OH is 1. The third-order valence-electron chi connectivity index (χ3n) is 5.08. The quantitative estimate of drug-likeness (QED) is 0.771. The summed E-state index contributed by atoms with van der Waals surface area (Å²) in [6.45, 7) is 3.27. The third-order valence-corrected chi connectivity index (χ3v) is 5.08. The minimum absolute atomic E-state index is 0.368. The van der Waals surface area contributed by atoms with E-state index in [4.69, 9.17) is 4.74 Å². The van der Waals surface area contributed by atoms with Gasteiger partial charge in [0, 0.05) is 25.7 Å². The zero-order valence-corrected chi connectivity index (χ0v) is 14.2. The highest BCUT2D eigenvalue weighted by atomic mass is 16.5. The highest BCUT2D eigenvalue weighted by molar-refractivity contribution is 5.21. The Labute approximate surface area is 139 Å². The van der Waals surface area contributed by atoms with Gasteiger partial charge in [0.25, 0.3) is 0 Å². The summed E-state index contributed by atoms with van der Waals surface area (Å²) in [5.41, 5.74) is 1.44. The first-order valence-corrected chi connectivity index (χ1v) is 8.96. The molecule has 128 valence electrons. The number of benzene rings is 1. The van der Waals surface area contributed by atoms with Gasteiger partial charge in [-0.25, -0.2) is 0 Å². The maximum absolute atomic E-state index is 9.86. The monoisotopic (exact) mass is 318 g/mol. The number of methoxy groups -OCH3 is 1. The number of piperidine rings is 1. The number of likely N-dealkylation sites (tertiary alicyclic amines) is 1. The van der Waals surface area contributed by atoms with Crippen LogP contribution in [0.15, 0.2) is 30.3 Å². The molecule has 2 unspecified atom stereocenters. The van der Waals surface area contributed by atoms with Crippen molar-refractivity contribution >= 4 is 0 Å². The Morgan fingerprint density at radius 1 is 1.17 bits per heavy atom. The van der Waals surface area contributed by atoms with Gasteiger partial charge >= 0.3 is 0 Å². The summed E-state index contributed by atoms with van der Waals surface area (Å²) in [6, 6.07) is 12.0. The first kappa shape index (κ1) is 16.9. The fourth-order valence-electron chi connectivity index (χ4n) is 3.67. The molecule has 0 aromatic heterocycles. The summed E-state index contributed by atoms with van der Waals surface area (Å²) in [4.78, 5) is 2.36. The molecule has 1 heterocycles. The maximum Gasteiger partial charge on any atom is 0.0900 e. The van der Waals surface area contributed by atoms with Gasteiger partial charge in [0.05, 0.1) is 12.7 Å². The summed E-state index contributed by atoms with van der Waals surface area (Å²) in [5.74, 6) is 0.818. The molecular weight excluding hydrogens is 288 g/mol. The van der Waals surface area contributed by atoms with Crippen molar-refractivity contribution in [2.24, 2.45) is 5.92 Å². The first-order valence-electron chi connectivity index (χ1n) is 8.96. The van der Waals surface area contributed by atoms with Crippen molar-refractivity contribution in [3.05, 3.63) is 35.9 Å². The Balaban J connectivity index is 1.48. The lowest BCUT2D eigenvalue weighted by Crippen LogP contribution is -2.46. The molecule has 4 heteroatoms. The molecule has 2 fully saturated rings. The lowest BCUT2D eigenvalue weighted by molar-refractivity contribution is 0.0306. The van der Waals surface area contributed by atoms with Crippen LogP contribution in [-0.2, 0) is 4.74 Å². The average Bonchev–Trinajstić information content (AvgIpc) is 3.40. The lowest BCUT2D eigenvalue weighted by atomic mass is 9.98. The van der Waals surface area contributed by atoms with E-state index in [1.807, 2.05) is 0 Å². The molecule has 0 bridgehead atoms. The molecule has 1 aliphatic carbocycles. The number of β-amino-alcohol motifs (C(OH)–C–C–N with tert-alkyl or cyclic N) is 1. The van der Waals surface area contributed by atoms with E-state index < -0.39 is 0 Å². The van der Waals surface area contributed by atoms with E-state index in [0.717, 1.165) is 38.4 Å². The number of hydrogen-bond donors (Lipinski definition) is 2. The van der Waals surface area contributed by atoms with Crippen LogP contribution in [0.1, 0.15) is 37.3 Å². The molecule has 2 N–H and O–H groups in total. The van der Waals surface area contributed by atoms with E-state index in [2.05, 4.69) is 40.5 Å². The van der Waals surface area contributed by atoms with Crippen molar-refractivity contribution in [2.75, 3.05) is 33.4 Å². The van der Waals surface area contributed by atoms with Crippen LogP contribution in [0.25, 0.3) is 0 Å². The van der Waals surface area contributed by atoms with E-state index in [0.29, 0.717) is 18.7 Å². The molecule has 1 aromatic carbocycles. The molecular formula is C19H30N2O2. The Morgan fingerprint density at radius 3 is 2.48 bits per heavy atom. The second-order valence-corrected chi connectivity index (χ2v) is 7.08. The van der Waals surface area contributed by atoms with Gasteiger partial charge in [-0.2, -0.15) is 0 Å². The first-order chi connectivity index (χ1) is 11.3. The van der Waals surface area contributed by atoms with Crippen molar-refractivity contribution in [3.8, 4) is 0 Å². The van der Waals surface area contributed by atoms with Crippen LogP contribution in [0.3, 0.4) is 0 Å². The van der Waals surface area contributed by atoms with Gasteiger partial charge in [-0.15, -0.1) is 0 Å². The SMILES string of the molecule is COCC(O)CN1CCC(NC(c2ccccc2)C2CC2)CC1. The Kier molecular flexibility index (Phi) is 6.06. The number of nitrogens with one attached hydrogen (secondary N) is 1. The van der Waals surface area contributed by atoms with Crippen LogP contribution in [0.4, 0.5) is 0 Å². The molecule has 0 spiro atoms. The van der Waals surface area contributed by atoms with E-state index in [1.165, 1.54) is 18.4 Å². The van der Waals surface area contributed by atoms with Gasteiger partial charge in [-0.3, -0.25) is 0 Å². The van der Waals surface area contributed by atoms with Gasteiger partial charge in [-0.1, -0.05) is 30.3 Å². The number of ether oxygens (including phenoxy) is 1. The van der Waals surface area contributed by atoms with Crippen molar-refractivity contribution < 1.29 is 9.84 Å². The molecule has 2 atom stereocenters. The molecule has 0 amide bonds. The van der Waals surface area contributed by atoms with Crippen molar-refractivity contribution in [3.63, 3.8) is 0 Å². The van der Waals surface area contributed by atoms with E-state index >= 15 is 0 Å². The van der Waals surface area contributed by atoms with Crippen molar-refractivity contribution in [1.82, 2.24) is 10.2 Å². The third kappa shape index (κ3) is 5.01. The van der Waals surface area contributed by atoms with Crippen molar-refractivity contribution in [1.29, 1.82) is 0 Å². The maximum atomic E-state index is 9.86. The molecule has 2 aliphatic rings. The second kappa shape index (κ2) is 8.25. The minimum atomic E-state index is -0.368. The highest BCUT2D eigenvalue weighted by Crippen LogP contribution is 2.41. The lowest BCUT2D eigenvalue weighted by Gasteiger charge is -2.35. The van der Waals surface area contributed by atoms with Crippen LogP contribution in [0.2, 0.25) is 0 Å². The zero-order chi connectivity index (χ0) is 16.1. The van der Waals surface area contributed by atoms with Crippen LogP contribution >= 0.6 is 0 Å². The number of rotatable bonds is 8. The van der Waals surface area contributed by atoms with E-state index in [-0.39, 0.29) is 6.10 Å². The molecule has 1 saturated carbocycles. The topological polar surface area (TPSA) is 44.7 Å². The fourth-order valence-corrected chi connectivity index (χ4v) is 3.67. The highest BCUT2D eigenvalue weighted by Gasteiger charge is 2.34. The molecule has 4 nitrogen and oxygen atoms in total. The van der Waals surface area contributed by atoms with E-state index in [1.54, 1.807) is 7.11 Å². The number of hydrogen-bond acceptors (Lipinski definition) is 4. The molecule has 1 aliphatic heterocycles. The van der Waals surface area contributed by atoms with E-state index in [9.17, 15) is 5.11 Å². The van der Waals surface area contributed by atoms with Crippen LogP contribution < -0.4 is 5.32 Å². The Hall–Kier alpha value is -0.940. The van der Waals surface area contributed by atoms with Crippen LogP contribution in [-0.4, -0.2) is 55.5 Å². The minimum Gasteiger partial charge on any atom is -0.389 e. The average molecular weight is 318 g/mol. The molecule has 3 rings (SSSR count). The summed E-state index contributed by atoms with van der Waals surface area (Å²) in [6.07, 6.45) is 4.67. The predicted octanol–water partition coefficient (Wildman–Crippen LogP) is 2.20. The number of aliphatic hydroxyl groups is 1. The summed E-state index contributed by atoms with van der Waals surface area (Å²) in [5, 5.41) is 13.8. The smallest absolute Gasteiger partial charge is 0.0900 e. The Morgan fingerprint density at radius 2 is 1.87 bits per heavy atom. The van der Waals surface area contributed by atoms with Gasteiger partial charge < -0.3 is 20.1 Å². The second-order valence-electron chi connectivity index (χ2n) is 7.08. The largest absolute Gasteiger partial charge is 0.389 e. The molecule has 0 radical (unpaired) electrons. The van der Waals surface area contributed by atoms with Crippen LogP contribution in [0, 0.1) is 5.92 Å². The normalized spacial score (nSPS) is 22.9. The zero-order valence-electron chi connectivity index (χ0n) is 14.2. The molecule has 1 aromatic rings. The molecule has 23 heavy (non-hydrogen) atoms. The standard InChI is InChI=1S/C19H30N2O2/c1-23-14-18(22)13-21-11-9-17(10-12-21)20-19(16-7-8-16)15-5-3-2-4-6-15/h2-6,16-20,22H,7-14H2,1H3. The van der Waals surface area contributed by atoms with Crippen LogP contribution in [0.5, 0.6) is 0 Å². The molecule has 1 saturated heterocycles. The van der Waals surface area contributed by atoms with Gasteiger partial charge in [-0.05, 0) is 50.3 Å². The number of nitrogens with zero attached hydrogens (tertiary/aromatic N) is 1. The summed E-state index contributed by atoms with van der Waals surface area (Å²) >= 11 is 0. The van der Waals surface area contributed by atoms with Gasteiger partial charge in [0.15, 0.2) is 0 Å². The fraction of sp³-hybridized carbons (Fsp3) is 0.684. The van der Waals surface area contributed by atoms with Gasteiger partial charge in [0.2, 0.25) is 0 Å².